The van der Waals surface area contributed by atoms with Crippen molar-refractivity contribution in [2.75, 3.05) is 32.8 Å². The molecule has 5 heteroatoms. The standard InChI is InChI=1S/C24H32N2O3/c1-17-2-4-21(5-3-17)29-16-22(27)25-6-8-26(9-7-25)23(28)24-13-18-10-19(14-24)12-20(11-18)15-24/h2-5,18-20H,6-16H2,1H3. The first-order chi connectivity index (χ1) is 14.0. The van der Waals surface area contributed by atoms with E-state index in [9.17, 15) is 9.59 Å². The minimum absolute atomic E-state index is 0.00692. The predicted molar refractivity (Wildman–Crippen MR) is 110 cm³/mol. The van der Waals surface area contributed by atoms with Crippen LogP contribution in [0.4, 0.5) is 0 Å². The quantitative estimate of drug-likeness (QED) is 0.785. The minimum Gasteiger partial charge on any atom is -0.484 e. The van der Waals surface area contributed by atoms with Crippen LogP contribution in [-0.4, -0.2) is 54.4 Å². The molecule has 0 radical (unpaired) electrons. The molecule has 4 aliphatic carbocycles. The average Bonchev–Trinajstić information content (AvgIpc) is 2.72. The molecule has 1 heterocycles. The number of piperazine rings is 1. The van der Waals surface area contributed by atoms with Crippen molar-refractivity contribution >= 4 is 11.8 Å². The number of nitrogens with zero attached hydrogens (tertiary/aromatic N) is 2. The predicted octanol–water partition coefficient (Wildman–Crippen LogP) is 3.26. The Morgan fingerprint density at radius 1 is 0.897 bits per heavy atom. The number of hydrogen-bond donors (Lipinski definition) is 0. The van der Waals surface area contributed by atoms with Crippen LogP contribution in [-0.2, 0) is 9.59 Å². The van der Waals surface area contributed by atoms with E-state index in [4.69, 9.17) is 4.74 Å². The third-order valence-corrected chi connectivity index (χ3v) is 7.79. The highest BCUT2D eigenvalue weighted by molar-refractivity contribution is 5.84. The van der Waals surface area contributed by atoms with E-state index in [2.05, 4.69) is 4.90 Å². The van der Waals surface area contributed by atoms with E-state index in [1.165, 1.54) is 24.8 Å². The lowest BCUT2D eigenvalue weighted by Gasteiger charge is -2.57. The summed E-state index contributed by atoms with van der Waals surface area (Å²) in [5.41, 5.74) is 1.10. The van der Waals surface area contributed by atoms with Crippen LogP contribution in [0.2, 0.25) is 0 Å². The van der Waals surface area contributed by atoms with Crippen molar-refractivity contribution in [3.05, 3.63) is 29.8 Å². The first kappa shape index (κ1) is 19.0. The number of amides is 2. The van der Waals surface area contributed by atoms with E-state index in [1.54, 1.807) is 0 Å². The maximum Gasteiger partial charge on any atom is 0.260 e. The molecule has 2 amide bonds. The highest BCUT2D eigenvalue weighted by Gasteiger charge is 2.55. The molecule has 1 aliphatic heterocycles. The Kier molecular flexibility index (Phi) is 4.79. The molecule has 0 spiro atoms. The third kappa shape index (κ3) is 3.64. The summed E-state index contributed by atoms with van der Waals surface area (Å²) in [6.45, 7) is 4.65. The van der Waals surface area contributed by atoms with Gasteiger partial charge in [0, 0.05) is 26.2 Å². The zero-order valence-corrected chi connectivity index (χ0v) is 17.4. The van der Waals surface area contributed by atoms with Gasteiger partial charge in [-0.1, -0.05) is 17.7 Å². The van der Waals surface area contributed by atoms with Crippen molar-refractivity contribution in [2.45, 2.75) is 45.4 Å². The van der Waals surface area contributed by atoms with Crippen molar-refractivity contribution in [3.63, 3.8) is 0 Å². The Morgan fingerprint density at radius 3 is 1.97 bits per heavy atom. The molecule has 5 aliphatic rings. The molecular formula is C24H32N2O3. The lowest BCUT2D eigenvalue weighted by atomic mass is 9.49. The Balaban J connectivity index is 1.14. The molecule has 29 heavy (non-hydrogen) atoms. The normalized spacial score (nSPS) is 33.1. The number of benzene rings is 1. The largest absolute Gasteiger partial charge is 0.484 e. The molecular weight excluding hydrogens is 364 g/mol. The molecule has 6 rings (SSSR count). The molecule has 1 saturated heterocycles. The van der Waals surface area contributed by atoms with Crippen molar-refractivity contribution < 1.29 is 14.3 Å². The van der Waals surface area contributed by atoms with Gasteiger partial charge in [-0.2, -0.15) is 0 Å². The molecule has 0 unspecified atom stereocenters. The SMILES string of the molecule is Cc1ccc(OCC(=O)N2CCN(C(=O)C34CC5CC(CC(C5)C3)C4)CC2)cc1. The van der Waals surface area contributed by atoms with Gasteiger partial charge in [-0.15, -0.1) is 0 Å². The highest BCUT2D eigenvalue weighted by Crippen LogP contribution is 2.60. The van der Waals surface area contributed by atoms with Gasteiger partial charge in [0.15, 0.2) is 6.61 Å². The Bertz CT molecular complexity index is 745. The van der Waals surface area contributed by atoms with Gasteiger partial charge in [0.05, 0.1) is 5.41 Å². The second kappa shape index (κ2) is 7.33. The molecule has 0 N–H and O–H groups in total. The van der Waals surface area contributed by atoms with Gasteiger partial charge in [-0.3, -0.25) is 9.59 Å². The number of hydrogen-bond acceptors (Lipinski definition) is 3. The second-order valence-corrected chi connectivity index (χ2v) is 9.97. The molecule has 156 valence electrons. The summed E-state index contributed by atoms with van der Waals surface area (Å²) in [7, 11) is 0. The molecule has 5 fully saturated rings. The lowest BCUT2D eigenvalue weighted by molar-refractivity contribution is -0.160. The van der Waals surface area contributed by atoms with E-state index >= 15 is 0 Å². The molecule has 4 bridgehead atoms. The van der Waals surface area contributed by atoms with Crippen LogP contribution in [0.5, 0.6) is 5.75 Å². The van der Waals surface area contributed by atoms with Crippen LogP contribution < -0.4 is 4.74 Å². The number of rotatable bonds is 4. The number of carbonyl (C=O) groups is 2. The highest BCUT2D eigenvalue weighted by atomic mass is 16.5. The van der Waals surface area contributed by atoms with Crippen molar-refractivity contribution in [1.29, 1.82) is 0 Å². The maximum absolute atomic E-state index is 13.5. The summed E-state index contributed by atoms with van der Waals surface area (Å²) >= 11 is 0. The first-order valence-electron chi connectivity index (χ1n) is 11.3. The van der Waals surface area contributed by atoms with Crippen LogP contribution in [0.1, 0.15) is 44.1 Å². The molecule has 0 aromatic heterocycles. The Labute approximate surface area is 173 Å². The zero-order chi connectivity index (χ0) is 20.0. The fourth-order valence-electron chi connectivity index (χ4n) is 6.74. The molecule has 1 aromatic carbocycles. The van der Waals surface area contributed by atoms with E-state index in [0.717, 1.165) is 42.8 Å². The van der Waals surface area contributed by atoms with Crippen molar-refractivity contribution in [3.8, 4) is 5.75 Å². The number of ether oxygens (including phenoxy) is 1. The average molecular weight is 397 g/mol. The second-order valence-electron chi connectivity index (χ2n) is 9.97. The van der Waals surface area contributed by atoms with Crippen LogP contribution in [0, 0.1) is 30.1 Å². The minimum atomic E-state index is -0.0739. The number of carbonyl (C=O) groups excluding carboxylic acids is 2. The fourth-order valence-corrected chi connectivity index (χ4v) is 6.74. The van der Waals surface area contributed by atoms with Gasteiger partial charge in [0.1, 0.15) is 5.75 Å². The van der Waals surface area contributed by atoms with E-state index < -0.39 is 0 Å². The first-order valence-corrected chi connectivity index (χ1v) is 11.3. The van der Waals surface area contributed by atoms with Crippen LogP contribution in [0.3, 0.4) is 0 Å². The lowest BCUT2D eigenvalue weighted by Crippen LogP contribution is -2.58. The van der Waals surface area contributed by atoms with E-state index in [1.807, 2.05) is 36.1 Å². The Hall–Kier alpha value is -2.04. The maximum atomic E-state index is 13.5. The summed E-state index contributed by atoms with van der Waals surface area (Å²) in [6, 6.07) is 7.75. The van der Waals surface area contributed by atoms with Crippen LogP contribution >= 0.6 is 0 Å². The van der Waals surface area contributed by atoms with Gasteiger partial charge in [0.2, 0.25) is 5.91 Å². The topological polar surface area (TPSA) is 49.9 Å². The molecule has 5 nitrogen and oxygen atoms in total. The van der Waals surface area contributed by atoms with Gasteiger partial charge in [-0.05, 0) is 75.3 Å². The van der Waals surface area contributed by atoms with Crippen LogP contribution in [0.15, 0.2) is 24.3 Å². The zero-order valence-electron chi connectivity index (χ0n) is 17.4. The summed E-state index contributed by atoms with van der Waals surface area (Å²) in [6.07, 6.45) is 7.41. The molecule has 1 aromatic rings. The summed E-state index contributed by atoms with van der Waals surface area (Å²) in [4.78, 5) is 29.9. The molecule has 0 atom stereocenters. The number of aryl methyl sites for hydroxylation is 1. The summed E-state index contributed by atoms with van der Waals surface area (Å²) in [5.74, 6) is 3.47. The van der Waals surface area contributed by atoms with E-state index in [0.29, 0.717) is 32.1 Å². The third-order valence-electron chi connectivity index (χ3n) is 7.79. The molecule has 4 saturated carbocycles. The van der Waals surface area contributed by atoms with E-state index in [-0.39, 0.29) is 17.9 Å². The van der Waals surface area contributed by atoms with Gasteiger partial charge >= 0.3 is 0 Å². The van der Waals surface area contributed by atoms with Crippen molar-refractivity contribution in [2.24, 2.45) is 23.2 Å². The smallest absolute Gasteiger partial charge is 0.260 e. The Morgan fingerprint density at radius 2 is 1.41 bits per heavy atom. The van der Waals surface area contributed by atoms with Gasteiger partial charge < -0.3 is 14.5 Å². The van der Waals surface area contributed by atoms with Crippen molar-refractivity contribution in [1.82, 2.24) is 9.80 Å². The van der Waals surface area contributed by atoms with Gasteiger partial charge in [-0.25, -0.2) is 0 Å². The monoisotopic (exact) mass is 396 g/mol. The van der Waals surface area contributed by atoms with Crippen LogP contribution in [0.25, 0.3) is 0 Å². The van der Waals surface area contributed by atoms with Gasteiger partial charge in [0.25, 0.3) is 5.91 Å². The summed E-state index contributed by atoms with van der Waals surface area (Å²) in [5, 5.41) is 0. The fraction of sp³-hybridized carbons (Fsp3) is 0.667. The summed E-state index contributed by atoms with van der Waals surface area (Å²) < 4.78 is 5.64.